The van der Waals surface area contributed by atoms with Gasteiger partial charge in [-0.05, 0) is 36.6 Å². The molecule has 0 aliphatic heterocycles. The molecular formula is C17H17ClFNO. The molecule has 0 unspecified atom stereocenters. The molecule has 0 aromatic heterocycles. The zero-order valence-corrected chi connectivity index (χ0v) is 12.4. The monoisotopic (exact) mass is 305 g/mol. The van der Waals surface area contributed by atoms with Crippen LogP contribution in [0.15, 0.2) is 42.5 Å². The predicted octanol–water partition coefficient (Wildman–Crippen LogP) is 4.31. The van der Waals surface area contributed by atoms with E-state index in [0.717, 1.165) is 12.3 Å². The van der Waals surface area contributed by atoms with E-state index in [9.17, 15) is 4.39 Å². The fourth-order valence-corrected chi connectivity index (χ4v) is 2.30. The third-order valence-corrected chi connectivity index (χ3v) is 3.92. The van der Waals surface area contributed by atoms with Crippen LogP contribution in [0.1, 0.15) is 24.0 Å². The first-order valence-electron chi connectivity index (χ1n) is 7.10. The third-order valence-electron chi connectivity index (χ3n) is 3.50. The van der Waals surface area contributed by atoms with Crippen LogP contribution in [0, 0.1) is 5.82 Å². The lowest BCUT2D eigenvalue weighted by Crippen LogP contribution is -2.15. The number of halogens is 2. The van der Waals surface area contributed by atoms with E-state index in [4.69, 9.17) is 16.3 Å². The second-order valence-corrected chi connectivity index (χ2v) is 5.68. The lowest BCUT2D eigenvalue weighted by molar-refractivity contribution is 0.305. The number of benzene rings is 2. The number of nitrogens with one attached hydrogen (secondary N) is 1. The maximum absolute atomic E-state index is 13.4. The van der Waals surface area contributed by atoms with Crippen LogP contribution < -0.4 is 10.1 Å². The molecule has 0 heterocycles. The first kappa shape index (κ1) is 14.4. The van der Waals surface area contributed by atoms with Gasteiger partial charge in [0.25, 0.3) is 0 Å². The highest BCUT2D eigenvalue weighted by atomic mass is 35.5. The Labute approximate surface area is 128 Å². The highest BCUT2D eigenvalue weighted by Gasteiger charge is 2.19. The summed E-state index contributed by atoms with van der Waals surface area (Å²) in [5.41, 5.74) is 1.84. The summed E-state index contributed by atoms with van der Waals surface area (Å²) in [4.78, 5) is 0. The normalized spacial score (nSPS) is 14.2. The van der Waals surface area contributed by atoms with Gasteiger partial charge in [-0.1, -0.05) is 35.9 Å². The van der Waals surface area contributed by atoms with E-state index >= 15 is 0 Å². The smallest absolute Gasteiger partial charge is 0.142 e. The van der Waals surface area contributed by atoms with Crippen LogP contribution in [0.4, 0.5) is 4.39 Å². The van der Waals surface area contributed by atoms with Crippen LogP contribution >= 0.6 is 11.6 Å². The summed E-state index contributed by atoms with van der Waals surface area (Å²) in [6.45, 7) is 1.11. The highest BCUT2D eigenvalue weighted by molar-refractivity contribution is 6.31. The van der Waals surface area contributed by atoms with Crippen molar-refractivity contribution in [3.63, 3.8) is 0 Å². The standard InChI is InChI=1S/C17H17ClFNO/c18-17-13(4-2-6-16(17)19)11-21-15-5-1-3-12(9-15)10-20-14-7-8-14/h1-6,9,14,20H,7-8,10-11H2. The van der Waals surface area contributed by atoms with Crippen molar-refractivity contribution in [2.24, 2.45) is 0 Å². The maximum atomic E-state index is 13.4. The minimum Gasteiger partial charge on any atom is -0.489 e. The summed E-state index contributed by atoms with van der Waals surface area (Å²) in [6.07, 6.45) is 2.54. The molecule has 0 atom stereocenters. The van der Waals surface area contributed by atoms with E-state index in [1.54, 1.807) is 12.1 Å². The van der Waals surface area contributed by atoms with E-state index in [-0.39, 0.29) is 11.6 Å². The Morgan fingerprint density at radius 3 is 2.81 bits per heavy atom. The van der Waals surface area contributed by atoms with Gasteiger partial charge < -0.3 is 10.1 Å². The first-order valence-corrected chi connectivity index (χ1v) is 7.48. The van der Waals surface area contributed by atoms with Gasteiger partial charge in [-0.25, -0.2) is 4.39 Å². The van der Waals surface area contributed by atoms with Crippen LogP contribution in [0.25, 0.3) is 0 Å². The summed E-state index contributed by atoms with van der Waals surface area (Å²) < 4.78 is 19.1. The topological polar surface area (TPSA) is 21.3 Å². The van der Waals surface area contributed by atoms with E-state index in [0.29, 0.717) is 11.6 Å². The zero-order chi connectivity index (χ0) is 14.7. The summed E-state index contributed by atoms with van der Waals surface area (Å²) in [6, 6.07) is 13.4. The molecule has 3 rings (SSSR count). The van der Waals surface area contributed by atoms with Crippen molar-refractivity contribution in [3.05, 3.63) is 64.4 Å². The van der Waals surface area contributed by atoms with Gasteiger partial charge in [0.05, 0.1) is 5.02 Å². The van der Waals surface area contributed by atoms with Gasteiger partial charge in [0, 0.05) is 18.2 Å². The van der Waals surface area contributed by atoms with Gasteiger partial charge in [0.2, 0.25) is 0 Å². The molecule has 1 N–H and O–H groups in total. The average molecular weight is 306 g/mol. The Balaban J connectivity index is 1.61. The molecule has 1 saturated carbocycles. The number of ether oxygens (including phenoxy) is 1. The minimum absolute atomic E-state index is 0.129. The largest absolute Gasteiger partial charge is 0.489 e. The van der Waals surface area contributed by atoms with Gasteiger partial charge in [-0.3, -0.25) is 0 Å². The van der Waals surface area contributed by atoms with Crippen molar-refractivity contribution in [1.29, 1.82) is 0 Å². The summed E-state index contributed by atoms with van der Waals surface area (Å²) in [7, 11) is 0. The zero-order valence-electron chi connectivity index (χ0n) is 11.6. The predicted molar refractivity (Wildman–Crippen MR) is 82.0 cm³/mol. The summed E-state index contributed by atoms with van der Waals surface area (Å²) in [5.74, 6) is 0.352. The lowest BCUT2D eigenvalue weighted by Gasteiger charge is -2.10. The second-order valence-electron chi connectivity index (χ2n) is 5.30. The summed E-state index contributed by atoms with van der Waals surface area (Å²) >= 11 is 5.92. The van der Waals surface area contributed by atoms with Crippen LogP contribution in [0.2, 0.25) is 5.02 Å². The molecule has 0 saturated heterocycles. The molecule has 1 aliphatic rings. The van der Waals surface area contributed by atoms with Gasteiger partial charge in [0.15, 0.2) is 0 Å². The van der Waals surface area contributed by atoms with Crippen molar-refractivity contribution >= 4 is 11.6 Å². The first-order chi connectivity index (χ1) is 10.2. The molecule has 21 heavy (non-hydrogen) atoms. The van der Waals surface area contributed by atoms with Gasteiger partial charge in [0.1, 0.15) is 18.2 Å². The fourth-order valence-electron chi connectivity index (χ4n) is 2.12. The molecule has 0 amide bonds. The van der Waals surface area contributed by atoms with Crippen molar-refractivity contribution < 1.29 is 9.13 Å². The van der Waals surface area contributed by atoms with E-state index in [2.05, 4.69) is 11.4 Å². The Bertz CT molecular complexity index is 628. The second kappa shape index (κ2) is 6.46. The molecular weight excluding hydrogens is 289 g/mol. The average Bonchev–Trinajstić information content (AvgIpc) is 3.31. The van der Waals surface area contributed by atoms with E-state index in [1.807, 2.05) is 18.2 Å². The van der Waals surface area contributed by atoms with E-state index in [1.165, 1.54) is 24.5 Å². The highest BCUT2D eigenvalue weighted by Crippen LogP contribution is 2.23. The van der Waals surface area contributed by atoms with Crippen molar-refractivity contribution in [2.75, 3.05) is 0 Å². The lowest BCUT2D eigenvalue weighted by atomic mass is 10.2. The number of hydrogen-bond donors (Lipinski definition) is 1. The molecule has 0 radical (unpaired) electrons. The Morgan fingerprint density at radius 2 is 2.00 bits per heavy atom. The molecule has 2 nitrogen and oxygen atoms in total. The minimum atomic E-state index is -0.417. The quantitative estimate of drug-likeness (QED) is 0.858. The number of rotatable bonds is 6. The van der Waals surface area contributed by atoms with Crippen molar-refractivity contribution in [3.8, 4) is 5.75 Å². The van der Waals surface area contributed by atoms with Gasteiger partial charge >= 0.3 is 0 Å². The molecule has 1 aliphatic carbocycles. The third kappa shape index (κ3) is 3.96. The van der Waals surface area contributed by atoms with Crippen LogP contribution in [0.5, 0.6) is 5.75 Å². The van der Waals surface area contributed by atoms with Crippen LogP contribution in [-0.2, 0) is 13.2 Å². The van der Waals surface area contributed by atoms with Gasteiger partial charge in [-0.15, -0.1) is 0 Å². The van der Waals surface area contributed by atoms with E-state index < -0.39 is 5.82 Å². The molecule has 0 spiro atoms. The maximum Gasteiger partial charge on any atom is 0.142 e. The summed E-state index contributed by atoms with van der Waals surface area (Å²) in [5, 5.41) is 3.59. The molecule has 4 heteroatoms. The van der Waals surface area contributed by atoms with Crippen molar-refractivity contribution in [1.82, 2.24) is 5.32 Å². The SMILES string of the molecule is Fc1cccc(COc2cccc(CNC3CC3)c2)c1Cl. The Kier molecular flexibility index (Phi) is 4.42. The fraction of sp³-hybridized carbons (Fsp3) is 0.294. The van der Waals surface area contributed by atoms with Crippen LogP contribution in [-0.4, -0.2) is 6.04 Å². The molecule has 0 bridgehead atoms. The van der Waals surface area contributed by atoms with Crippen molar-refractivity contribution in [2.45, 2.75) is 32.0 Å². The Morgan fingerprint density at radius 1 is 1.19 bits per heavy atom. The van der Waals surface area contributed by atoms with Crippen LogP contribution in [0.3, 0.4) is 0 Å². The molecule has 1 fully saturated rings. The van der Waals surface area contributed by atoms with Gasteiger partial charge in [-0.2, -0.15) is 0 Å². The molecule has 2 aromatic carbocycles. The molecule has 2 aromatic rings. The Hall–Kier alpha value is -1.58. The number of hydrogen-bond acceptors (Lipinski definition) is 2. The molecule has 110 valence electrons.